The summed E-state index contributed by atoms with van der Waals surface area (Å²) >= 11 is 0. The smallest absolute Gasteiger partial charge is 0.306 e. The van der Waals surface area contributed by atoms with Gasteiger partial charge in [0.2, 0.25) is 0 Å². The Labute approximate surface area is 86.7 Å². The van der Waals surface area contributed by atoms with Crippen LogP contribution in [0.4, 0.5) is 0 Å². The van der Waals surface area contributed by atoms with E-state index in [-0.39, 0.29) is 5.92 Å². The Morgan fingerprint density at radius 1 is 1.50 bits per heavy atom. The first kappa shape index (κ1) is 11.5. The Kier molecular flexibility index (Phi) is 4.43. The van der Waals surface area contributed by atoms with E-state index in [2.05, 4.69) is 6.92 Å². The van der Waals surface area contributed by atoms with Crippen LogP contribution in [-0.2, 0) is 4.79 Å². The van der Waals surface area contributed by atoms with E-state index in [0.29, 0.717) is 5.92 Å². The van der Waals surface area contributed by atoms with Crippen molar-refractivity contribution in [1.82, 2.24) is 0 Å². The second kappa shape index (κ2) is 5.38. The van der Waals surface area contributed by atoms with Crippen molar-refractivity contribution in [1.29, 1.82) is 0 Å². The summed E-state index contributed by atoms with van der Waals surface area (Å²) in [7, 11) is 0. The lowest BCUT2D eigenvalue weighted by Gasteiger charge is -2.16. The molecule has 1 N–H and O–H groups in total. The normalized spacial score (nSPS) is 20.4. The third-order valence-corrected chi connectivity index (χ3v) is 3.37. The van der Waals surface area contributed by atoms with Crippen molar-refractivity contribution in [2.24, 2.45) is 17.8 Å². The maximum Gasteiger partial charge on any atom is 0.306 e. The Morgan fingerprint density at radius 3 is 2.57 bits per heavy atom. The van der Waals surface area contributed by atoms with Crippen LogP contribution in [0.2, 0.25) is 0 Å². The van der Waals surface area contributed by atoms with Crippen molar-refractivity contribution in [3.05, 3.63) is 0 Å². The van der Waals surface area contributed by atoms with Crippen LogP contribution >= 0.6 is 0 Å². The molecule has 0 heterocycles. The van der Waals surface area contributed by atoms with Crippen molar-refractivity contribution >= 4 is 5.97 Å². The second-order valence-corrected chi connectivity index (χ2v) is 4.77. The third kappa shape index (κ3) is 4.12. The fraction of sp³-hybridized carbons (Fsp3) is 0.917. The van der Waals surface area contributed by atoms with Crippen LogP contribution in [0.15, 0.2) is 0 Å². The molecule has 2 heteroatoms. The van der Waals surface area contributed by atoms with Crippen LogP contribution in [0.3, 0.4) is 0 Å². The first-order valence-electron chi connectivity index (χ1n) is 5.86. The molecule has 0 aromatic heterocycles. The van der Waals surface area contributed by atoms with Gasteiger partial charge in [-0.15, -0.1) is 0 Å². The topological polar surface area (TPSA) is 37.3 Å². The van der Waals surface area contributed by atoms with E-state index in [1.807, 2.05) is 6.92 Å². The molecule has 0 aromatic rings. The SMILES string of the molecule is CCC(CCC1CC1)CC(C)C(=O)O. The van der Waals surface area contributed by atoms with E-state index in [1.54, 1.807) is 0 Å². The standard InChI is InChI=1S/C12H22O2/c1-3-10(4-5-11-6-7-11)8-9(2)12(13)14/h9-11H,3-8H2,1-2H3,(H,13,14). The summed E-state index contributed by atoms with van der Waals surface area (Å²) in [6.45, 7) is 3.99. The molecular formula is C12H22O2. The van der Waals surface area contributed by atoms with Gasteiger partial charge in [-0.05, 0) is 18.3 Å². The van der Waals surface area contributed by atoms with Crippen molar-refractivity contribution in [3.8, 4) is 0 Å². The van der Waals surface area contributed by atoms with Gasteiger partial charge in [0, 0.05) is 0 Å². The third-order valence-electron chi connectivity index (χ3n) is 3.37. The summed E-state index contributed by atoms with van der Waals surface area (Å²) in [6.07, 6.45) is 7.36. The largest absolute Gasteiger partial charge is 0.481 e. The molecule has 1 aliphatic rings. The predicted molar refractivity (Wildman–Crippen MR) is 57.2 cm³/mol. The van der Waals surface area contributed by atoms with Gasteiger partial charge in [-0.1, -0.05) is 46.0 Å². The molecule has 0 amide bonds. The average Bonchev–Trinajstić information content (AvgIpc) is 2.95. The van der Waals surface area contributed by atoms with Gasteiger partial charge in [0.1, 0.15) is 0 Å². The fourth-order valence-corrected chi connectivity index (χ4v) is 1.97. The molecule has 1 fully saturated rings. The minimum absolute atomic E-state index is 0.167. The Bertz CT molecular complexity index is 185. The lowest BCUT2D eigenvalue weighted by atomic mass is 9.89. The number of hydrogen-bond acceptors (Lipinski definition) is 1. The van der Waals surface area contributed by atoms with Crippen LogP contribution in [0.1, 0.15) is 52.4 Å². The number of hydrogen-bond donors (Lipinski definition) is 1. The lowest BCUT2D eigenvalue weighted by molar-refractivity contribution is -0.141. The van der Waals surface area contributed by atoms with E-state index in [9.17, 15) is 4.79 Å². The molecule has 14 heavy (non-hydrogen) atoms. The monoisotopic (exact) mass is 198 g/mol. The second-order valence-electron chi connectivity index (χ2n) is 4.77. The molecule has 2 nitrogen and oxygen atoms in total. The van der Waals surface area contributed by atoms with Gasteiger partial charge in [0.25, 0.3) is 0 Å². The lowest BCUT2D eigenvalue weighted by Crippen LogP contribution is -2.14. The molecule has 0 radical (unpaired) electrons. The highest BCUT2D eigenvalue weighted by Gasteiger charge is 2.23. The van der Waals surface area contributed by atoms with E-state index in [1.165, 1.54) is 25.7 Å². The molecule has 82 valence electrons. The molecule has 2 atom stereocenters. The Morgan fingerprint density at radius 2 is 2.14 bits per heavy atom. The number of carboxylic acids is 1. The van der Waals surface area contributed by atoms with Gasteiger partial charge in [0.15, 0.2) is 0 Å². The summed E-state index contributed by atoms with van der Waals surface area (Å²) in [4.78, 5) is 10.7. The quantitative estimate of drug-likeness (QED) is 0.681. The van der Waals surface area contributed by atoms with Gasteiger partial charge in [-0.25, -0.2) is 0 Å². The summed E-state index contributed by atoms with van der Waals surface area (Å²) < 4.78 is 0. The maximum atomic E-state index is 10.7. The number of carboxylic acid groups (broad SMARTS) is 1. The highest BCUT2D eigenvalue weighted by molar-refractivity contribution is 5.69. The molecule has 1 rings (SSSR count). The minimum Gasteiger partial charge on any atom is -0.481 e. The summed E-state index contributed by atoms with van der Waals surface area (Å²) in [6, 6.07) is 0. The molecule has 0 aromatic carbocycles. The first-order chi connectivity index (χ1) is 6.63. The van der Waals surface area contributed by atoms with E-state index < -0.39 is 5.97 Å². The van der Waals surface area contributed by atoms with E-state index in [0.717, 1.165) is 18.8 Å². The van der Waals surface area contributed by atoms with E-state index >= 15 is 0 Å². The molecule has 0 spiro atoms. The van der Waals surface area contributed by atoms with Crippen LogP contribution < -0.4 is 0 Å². The van der Waals surface area contributed by atoms with Crippen LogP contribution in [0.5, 0.6) is 0 Å². The zero-order valence-electron chi connectivity index (χ0n) is 9.33. The molecule has 1 aliphatic carbocycles. The number of rotatable bonds is 7. The number of carbonyl (C=O) groups is 1. The van der Waals surface area contributed by atoms with Crippen molar-refractivity contribution in [2.45, 2.75) is 52.4 Å². The minimum atomic E-state index is -0.644. The predicted octanol–water partition coefficient (Wildman–Crippen LogP) is 3.31. The van der Waals surface area contributed by atoms with Gasteiger partial charge >= 0.3 is 5.97 Å². The van der Waals surface area contributed by atoms with E-state index in [4.69, 9.17) is 5.11 Å². The van der Waals surface area contributed by atoms with Gasteiger partial charge in [0.05, 0.1) is 5.92 Å². The van der Waals surface area contributed by atoms with Crippen molar-refractivity contribution < 1.29 is 9.90 Å². The van der Waals surface area contributed by atoms with Crippen molar-refractivity contribution in [3.63, 3.8) is 0 Å². The van der Waals surface area contributed by atoms with Crippen LogP contribution in [-0.4, -0.2) is 11.1 Å². The molecule has 0 aliphatic heterocycles. The molecule has 0 bridgehead atoms. The van der Waals surface area contributed by atoms with Crippen LogP contribution in [0.25, 0.3) is 0 Å². The molecular weight excluding hydrogens is 176 g/mol. The van der Waals surface area contributed by atoms with Crippen molar-refractivity contribution in [2.75, 3.05) is 0 Å². The Balaban J connectivity index is 2.18. The fourth-order valence-electron chi connectivity index (χ4n) is 1.97. The maximum absolute atomic E-state index is 10.7. The highest BCUT2D eigenvalue weighted by atomic mass is 16.4. The molecule has 2 unspecified atom stereocenters. The summed E-state index contributed by atoms with van der Waals surface area (Å²) in [5, 5.41) is 8.82. The first-order valence-corrected chi connectivity index (χ1v) is 5.86. The molecule has 1 saturated carbocycles. The molecule has 0 saturated heterocycles. The zero-order chi connectivity index (χ0) is 10.6. The zero-order valence-corrected chi connectivity index (χ0v) is 9.33. The number of aliphatic carboxylic acids is 1. The van der Waals surface area contributed by atoms with Gasteiger partial charge < -0.3 is 5.11 Å². The average molecular weight is 198 g/mol. The highest BCUT2D eigenvalue weighted by Crippen LogP contribution is 2.36. The summed E-state index contributed by atoms with van der Waals surface area (Å²) in [5.41, 5.74) is 0. The van der Waals surface area contributed by atoms with Gasteiger partial charge in [-0.3, -0.25) is 4.79 Å². The Hall–Kier alpha value is -0.530. The van der Waals surface area contributed by atoms with Gasteiger partial charge in [-0.2, -0.15) is 0 Å². The summed E-state index contributed by atoms with van der Waals surface area (Å²) in [5.74, 6) is 0.792. The van der Waals surface area contributed by atoms with Crippen LogP contribution in [0, 0.1) is 17.8 Å².